The Labute approximate surface area is 540 Å². The van der Waals surface area contributed by atoms with Crippen molar-refractivity contribution in [2.45, 2.75) is 226 Å². The van der Waals surface area contributed by atoms with Crippen LogP contribution in [0.5, 0.6) is 0 Å². The Hall–Kier alpha value is -4.17. The van der Waals surface area contributed by atoms with Crippen LogP contribution < -0.4 is 5.14 Å². The van der Waals surface area contributed by atoms with Gasteiger partial charge in [0.15, 0.2) is 9.84 Å². The van der Waals surface area contributed by atoms with E-state index in [2.05, 4.69) is 79.3 Å². The molecule has 8 saturated carbocycles. The highest BCUT2D eigenvalue weighted by atomic mass is 32.2. The summed E-state index contributed by atoms with van der Waals surface area (Å²) in [5.41, 5.74) is 9.78. The van der Waals surface area contributed by atoms with Crippen LogP contribution in [0.1, 0.15) is 204 Å². The van der Waals surface area contributed by atoms with Crippen LogP contribution in [0.2, 0.25) is 0 Å². The molecular formula is C76H110N4O8S2. The maximum atomic E-state index is 13.1. The molecule has 0 spiro atoms. The summed E-state index contributed by atoms with van der Waals surface area (Å²) in [5.74, 6) is 8.37. The fourth-order valence-corrected chi connectivity index (χ4v) is 24.7. The average molecular weight is 1270 g/mol. The zero-order valence-electron chi connectivity index (χ0n) is 56.1. The Bertz CT molecular complexity index is 3500. The van der Waals surface area contributed by atoms with Crippen LogP contribution in [0.4, 0.5) is 0 Å². The number of ketones is 1. The number of Topliss-reactive ketones (excluding diaryl/α,β-unsaturated/α-hetero) is 1. The van der Waals surface area contributed by atoms with Crippen molar-refractivity contribution < 1.29 is 36.6 Å². The number of azide groups is 1. The third-order valence-electron chi connectivity index (χ3n) is 27.4. The molecule has 0 heterocycles. The van der Waals surface area contributed by atoms with Crippen LogP contribution in [0, 0.1) is 116 Å². The minimum atomic E-state index is -3.66. The van der Waals surface area contributed by atoms with E-state index in [-0.39, 0.29) is 44.5 Å². The number of nitrogens with two attached hydrogens (primary N) is 1. The van der Waals surface area contributed by atoms with Gasteiger partial charge in [-0.3, -0.25) is 9.59 Å². The van der Waals surface area contributed by atoms with Gasteiger partial charge in [0.2, 0.25) is 15.9 Å². The van der Waals surface area contributed by atoms with E-state index in [9.17, 15) is 36.6 Å². The molecule has 0 saturated heterocycles. The standard InChI is InChI=1S/C39H56O4S.C27H45N3O2.C10H9NO2S/c1-6-31-35-22-25(2)18-20-39(35,5)34-19-21-38(4)32(16-17-33(38)36(34)37(31)41)26(3)10-9-13-29(40)24-44(42,43)30-15-14-27-11-7-8-12-28(27)23-30;1-6-18-22-15-16(2)11-13-27(22,5)21-12-14-26(4)19(8-9-20(26)24(21)25(18)32)17(3)7-10-23(31)29-30-28;11-14(12,13)10-6-5-8-3-1-2-4-9(8)7-10/h7-8,11-12,14-15,23,25-26,31-37,41H,6,9-10,13,16-22,24H2,1-5H3;16-22,24-25,32H,6-15H2,1-5H3;1-7H,(H2,11,12,13)/t25-,26-,31-,32?,33+,34+,35?,36+,37-,38?,39?;16-,17-,18-,19?,20+,21+,22?,24+,25-,26?,27?;/m11./s1. The molecule has 12 rings (SSSR count). The van der Waals surface area contributed by atoms with Gasteiger partial charge in [-0.1, -0.05) is 162 Å². The number of carbonyl (C=O) groups is 2. The lowest BCUT2D eigenvalue weighted by molar-refractivity contribution is -0.198. The first kappa shape index (κ1) is 68.7. The van der Waals surface area contributed by atoms with Crippen LogP contribution in [-0.2, 0) is 29.4 Å². The second-order valence-electron chi connectivity index (χ2n) is 32.0. The minimum Gasteiger partial charge on any atom is -0.393 e. The van der Waals surface area contributed by atoms with Crippen molar-refractivity contribution in [1.29, 1.82) is 0 Å². The predicted octanol–water partition coefficient (Wildman–Crippen LogP) is 17.5. The molecule has 8 unspecified atom stereocenters. The van der Waals surface area contributed by atoms with Gasteiger partial charge in [0, 0.05) is 17.8 Å². The minimum absolute atomic E-state index is 0.149. The summed E-state index contributed by atoms with van der Waals surface area (Å²) in [5, 5.41) is 35.9. The van der Waals surface area contributed by atoms with Gasteiger partial charge in [0.1, 0.15) is 11.5 Å². The lowest BCUT2D eigenvalue weighted by Crippen LogP contribution is -2.61. The Morgan fingerprint density at radius 1 is 0.578 bits per heavy atom. The van der Waals surface area contributed by atoms with E-state index in [4.69, 9.17) is 10.7 Å². The number of aliphatic hydroxyl groups is 2. The van der Waals surface area contributed by atoms with E-state index in [1.54, 1.807) is 24.3 Å². The van der Waals surface area contributed by atoms with E-state index in [1.807, 2.05) is 54.6 Å². The number of amides is 1. The number of nitrogens with zero attached hydrogens (tertiary/aromatic N) is 3. The van der Waals surface area contributed by atoms with Crippen molar-refractivity contribution in [2.24, 2.45) is 127 Å². The van der Waals surface area contributed by atoms with Crippen molar-refractivity contribution in [1.82, 2.24) is 0 Å². The van der Waals surface area contributed by atoms with Crippen LogP contribution in [-0.4, -0.2) is 56.7 Å². The quantitative estimate of drug-likeness (QED) is 0.0589. The van der Waals surface area contributed by atoms with Crippen LogP contribution in [0.3, 0.4) is 0 Å². The van der Waals surface area contributed by atoms with E-state index >= 15 is 0 Å². The smallest absolute Gasteiger partial charge is 0.238 e. The summed E-state index contributed by atoms with van der Waals surface area (Å²) in [6.07, 6.45) is 22.9. The summed E-state index contributed by atoms with van der Waals surface area (Å²) < 4.78 is 48.2. The fourth-order valence-electron chi connectivity index (χ4n) is 22.9. The summed E-state index contributed by atoms with van der Waals surface area (Å²) in [7, 11) is -7.25. The monoisotopic (exact) mass is 1270 g/mol. The highest BCUT2D eigenvalue weighted by Gasteiger charge is 2.66. The molecule has 494 valence electrons. The zero-order valence-corrected chi connectivity index (χ0v) is 57.7. The largest absolute Gasteiger partial charge is 0.393 e. The number of benzene rings is 4. The molecular weight excluding hydrogens is 1160 g/mol. The third kappa shape index (κ3) is 13.2. The van der Waals surface area contributed by atoms with Crippen molar-refractivity contribution in [3.63, 3.8) is 0 Å². The molecule has 1 amide bonds. The summed E-state index contributed by atoms with van der Waals surface area (Å²) >= 11 is 0. The summed E-state index contributed by atoms with van der Waals surface area (Å²) in [6, 6.07) is 25.2. The van der Waals surface area contributed by atoms with Crippen LogP contribution in [0.15, 0.2) is 99.8 Å². The molecule has 8 fully saturated rings. The summed E-state index contributed by atoms with van der Waals surface area (Å²) in [6.45, 7) is 24.3. The number of aliphatic hydroxyl groups excluding tert-OH is 2. The van der Waals surface area contributed by atoms with Gasteiger partial charge in [0.25, 0.3) is 0 Å². The molecule has 12 nitrogen and oxygen atoms in total. The number of sulfonamides is 1. The topological polar surface area (TPSA) is 218 Å². The predicted molar refractivity (Wildman–Crippen MR) is 362 cm³/mol. The maximum absolute atomic E-state index is 13.1. The lowest BCUT2D eigenvalue weighted by atomic mass is 9.41. The molecule has 0 radical (unpaired) electrons. The van der Waals surface area contributed by atoms with E-state index in [0.717, 1.165) is 65.5 Å². The van der Waals surface area contributed by atoms with E-state index < -0.39 is 25.6 Å². The van der Waals surface area contributed by atoms with Gasteiger partial charge in [0.05, 0.1) is 22.0 Å². The van der Waals surface area contributed by atoms with Crippen LogP contribution in [0.25, 0.3) is 32.0 Å². The highest BCUT2D eigenvalue weighted by Crippen LogP contribution is 2.72. The Balaban J connectivity index is 0.000000168. The zero-order chi connectivity index (χ0) is 64.9. The Kier molecular flexibility index (Phi) is 20.8. The average Bonchev–Trinajstić information content (AvgIpc) is 1.25. The van der Waals surface area contributed by atoms with Gasteiger partial charge in [-0.15, -0.1) is 0 Å². The Morgan fingerprint density at radius 2 is 1.00 bits per heavy atom. The Morgan fingerprint density at radius 3 is 1.46 bits per heavy atom. The molecule has 0 aromatic heterocycles. The lowest BCUT2D eigenvalue weighted by Gasteiger charge is -2.65. The van der Waals surface area contributed by atoms with Gasteiger partial charge in [-0.25, -0.2) is 22.0 Å². The van der Waals surface area contributed by atoms with Crippen molar-refractivity contribution >= 4 is 53.1 Å². The molecule has 14 heteroatoms. The van der Waals surface area contributed by atoms with E-state index in [0.29, 0.717) is 107 Å². The number of primary sulfonamides is 1. The molecule has 0 bridgehead atoms. The van der Waals surface area contributed by atoms with Gasteiger partial charge >= 0.3 is 0 Å². The molecule has 4 aromatic carbocycles. The first-order valence-corrected chi connectivity index (χ1v) is 38.5. The third-order valence-corrected chi connectivity index (χ3v) is 30.0. The van der Waals surface area contributed by atoms with Crippen LogP contribution >= 0.6 is 0 Å². The number of sulfone groups is 1. The van der Waals surface area contributed by atoms with Gasteiger partial charge in [-0.2, -0.15) is 0 Å². The first-order chi connectivity index (χ1) is 42.6. The number of rotatable bonds is 15. The normalized spacial score (nSPS) is 38.4. The second kappa shape index (κ2) is 27.3. The molecule has 8 aliphatic carbocycles. The number of fused-ring (bicyclic) bond motifs is 12. The summed E-state index contributed by atoms with van der Waals surface area (Å²) in [4.78, 5) is 27.7. The molecule has 4 N–H and O–H groups in total. The van der Waals surface area contributed by atoms with Crippen molar-refractivity contribution in [3.05, 3.63) is 95.4 Å². The molecule has 0 aliphatic heterocycles. The maximum Gasteiger partial charge on any atom is 0.238 e. The number of carbonyl (C=O) groups excluding carboxylic acids is 2. The second-order valence-corrected chi connectivity index (χ2v) is 35.5. The molecule has 4 aromatic rings. The fraction of sp³-hybridized carbons (Fsp3) is 0.711. The van der Waals surface area contributed by atoms with Gasteiger partial charge in [-0.05, 0) is 263 Å². The number of hydrogen-bond donors (Lipinski definition) is 3. The number of hydrogen-bond acceptors (Lipinski definition) is 8. The molecule has 22 atom stereocenters. The van der Waals surface area contributed by atoms with Gasteiger partial charge < -0.3 is 10.2 Å². The first-order valence-electron chi connectivity index (χ1n) is 35.3. The SMILES string of the molecule is CC[C@@H]1C2C[C@H](C)CCC2(C)[C@H]2CCC3(C)C([C@H](C)CCC(=O)N=[N+]=[N-])CC[C@H]3[C@@H]2[C@@H]1O.CC[C@@H]1C2C[C@H](C)CCC2(C)[C@H]2CCC3(C)C([C@H](C)CCCC(=O)CS(=O)(=O)c4ccc5ccccc5c4)CC[C@H]3[C@@H]2[C@@H]1O.NS(=O)(=O)c1ccc2ccccc2c1. The van der Waals surface area contributed by atoms with Crippen molar-refractivity contribution in [2.75, 3.05) is 5.75 Å². The highest BCUT2D eigenvalue weighted by molar-refractivity contribution is 7.92. The van der Waals surface area contributed by atoms with E-state index in [1.165, 1.54) is 96.0 Å². The van der Waals surface area contributed by atoms with Crippen molar-refractivity contribution in [3.8, 4) is 0 Å². The molecule has 90 heavy (non-hydrogen) atoms. The molecule has 8 aliphatic rings.